The first-order valence-corrected chi connectivity index (χ1v) is 6.74. The van der Waals surface area contributed by atoms with Crippen molar-refractivity contribution in [1.82, 2.24) is 0 Å². The maximum absolute atomic E-state index is 13.1. The van der Waals surface area contributed by atoms with Crippen molar-refractivity contribution in [2.75, 3.05) is 6.61 Å². The van der Waals surface area contributed by atoms with Crippen LogP contribution in [-0.4, -0.2) is 6.61 Å². The van der Waals surface area contributed by atoms with Gasteiger partial charge in [-0.2, -0.15) is 0 Å². The molecule has 3 rings (SSSR count). The highest BCUT2D eigenvalue weighted by molar-refractivity contribution is 6.22. The summed E-state index contributed by atoms with van der Waals surface area (Å²) in [6, 6.07) is 10.8. The van der Waals surface area contributed by atoms with Gasteiger partial charge >= 0.3 is 0 Å². The molecular formula is C16H14ClFO. The van der Waals surface area contributed by atoms with Gasteiger partial charge in [-0.1, -0.05) is 18.2 Å². The Kier molecular flexibility index (Phi) is 3.19. The zero-order valence-corrected chi connectivity index (χ0v) is 11.4. The third-order valence-electron chi connectivity index (χ3n) is 3.51. The molecule has 0 aliphatic carbocycles. The Morgan fingerprint density at radius 1 is 1.21 bits per heavy atom. The van der Waals surface area contributed by atoms with Gasteiger partial charge in [0, 0.05) is 6.42 Å². The fraction of sp³-hybridized carbons (Fsp3) is 0.250. The average Bonchev–Trinajstić information content (AvgIpc) is 2.85. The molecule has 1 unspecified atom stereocenters. The summed E-state index contributed by atoms with van der Waals surface area (Å²) < 4.78 is 18.6. The quantitative estimate of drug-likeness (QED) is 0.739. The Bertz CT molecular complexity index is 624. The molecule has 2 aromatic carbocycles. The lowest BCUT2D eigenvalue weighted by molar-refractivity contribution is 0.357. The Labute approximate surface area is 117 Å². The van der Waals surface area contributed by atoms with Crippen molar-refractivity contribution in [3.05, 3.63) is 64.5 Å². The molecule has 2 aromatic rings. The van der Waals surface area contributed by atoms with E-state index in [9.17, 15) is 4.39 Å². The molecule has 0 saturated carbocycles. The van der Waals surface area contributed by atoms with Gasteiger partial charge in [0.1, 0.15) is 11.6 Å². The van der Waals surface area contributed by atoms with E-state index in [0.29, 0.717) is 0 Å². The summed E-state index contributed by atoms with van der Waals surface area (Å²) in [5, 5.41) is -0.258. The summed E-state index contributed by atoms with van der Waals surface area (Å²) >= 11 is 6.53. The standard InChI is InChI=1S/C16H14ClFO/c1-10-8-13(18)3-4-14(10)16(17)12-2-5-15-11(9-12)6-7-19-15/h2-5,8-9,16H,6-7H2,1H3. The molecule has 0 fully saturated rings. The van der Waals surface area contributed by atoms with E-state index in [1.54, 1.807) is 6.07 Å². The van der Waals surface area contributed by atoms with Crippen LogP contribution >= 0.6 is 11.6 Å². The lowest BCUT2D eigenvalue weighted by Gasteiger charge is -2.14. The molecule has 0 N–H and O–H groups in total. The molecular weight excluding hydrogens is 263 g/mol. The van der Waals surface area contributed by atoms with Crippen LogP contribution in [0.3, 0.4) is 0 Å². The van der Waals surface area contributed by atoms with E-state index in [2.05, 4.69) is 6.07 Å². The maximum Gasteiger partial charge on any atom is 0.123 e. The molecule has 0 saturated heterocycles. The van der Waals surface area contributed by atoms with Crippen LogP contribution in [0.1, 0.15) is 27.6 Å². The molecule has 1 heterocycles. The smallest absolute Gasteiger partial charge is 0.123 e. The predicted molar refractivity (Wildman–Crippen MR) is 74.5 cm³/mol. The second-order valence-electron chi connectivity index (χ2n) is 4.83. The Hall–Kier alpha value is -1.54. The second kappa shape index (κ2) is 4.86. The number of ether oxygens (including phenoxy) is 1. The Morgan fingerprint density at radius 3 is 2.84 bits per heavy atom. The molecule has 3 heteroatoms. The van der Waals surface area contributed by atoms with Crippen LogP contribution in [0.5, 0.6) is 5.75 Å². The minimum Gasteiger partial charge on any atom is -0.493 e. The van der Waals surface area contributed by atoms with Gasteiger partial charge in [-0.15, -0.1) is 11.6 Å². The zero-order chi connectivity index (χ0) is 13.4. The van der Waals surface area contributed by atoms with Crippen LogP contribution in [0.2, 0.25) is 0 Å². The molecule has 1 aliphatic heterocycles. The molecule has 0 amide bonds. The summed E-state index contributed by atoms with van der Waals surface area (Å²) in [6.07, 6.45) is 0.926. The molecule has 0 bridgehead atoms. The zero-order valence-electron chi connectivity index (χ0n) is 10.6. The van der Waals surface area contributed by atoms with E-state index < -0.39 is 0 Å². The average molecular weight is 277 g/mol. The molecule has 19 heavy (non-hydrogen) atoms. The molecule has 1 atom stereocenters. The minimum absolute atomic E-state index is 0.229. The van der Waals surface area contributed by atoms with Crippen LogP contribution in [0, 0.1) is 12.7 Å². The summed E-state index contributed by atoms with van der Waals surface area (Å²) in [6.45, 7) is 2.62. The van der Waals surface area contributed by atoms with Gasteiger partial charge in [-0.05, 0) is 47.4 Å². The number of hydrogen-bond donors (Lipinski definition) is 0. The van der Waals surface area contributed by atoms with Crippen molar-refractivity contribution >= 4 is 11.6 Å². The largest absolute Gasteiger partial charge is 0.493 e. The van der Waals surface area contributed by atoms with Crippen molar-refractivity contribution in [2.45, 2.75) is 18.7 Å². The fourth-order valence-electron chi connectivity index (χ4n) is 2.47. The first kappa shape index (κ1) is 12.5. The van der Waals surface area contributed by atoms with Gasteiger partial charge in [0.15, 0.2) is 0 Å². The topological polar surface area (TPSA) is 9.23 Å². The van der Waals surface area contributed by atoms with Gasteiger partial charge in [-0.3, -0.25) is 0 Å². The number of benzene rings is 2. The number of halogens is 2. The lowest BCUT2D eigenvalue weighted by atomic mass is 9.98. The molecule has 0 radical (unpaired) electrons. The van der Waals surface area contributed by atoms with E-state index in [-0.39, 0.29) is 11.2 Å². The van der Waals surface area contributed by atoms with E-state index in [0.717, 1.165) is 35.5 Å². The number of fused-ring (bicyclic) bond motifs is 1. The summed E-state index contributed by atoms with van der Waals surface area (Å²) in [4.78, 5) is 0. The SMILES string of the molecule is Cc1cc(F)ccc1C(Cl)c1ccc2c(c1)CCO2. The first-order valence-electron chi connectivity index (χ1n) is 6.31. The van der Waals surface area contributed by atoms with E-state index in [4.69, 9.17) is 16.3 Å². The van der Waals surface area contributed by atoms with E-state index in [1.807, 2.05) is 19.1 Å². The minimum atomic E-state index is -0.258. The lowest BCUT2D eigenvalue weighted by Crippen LogP contribution is -1.97. The van der Waals surface area contributed by atoms with Crippen molar-refractivity contribution in [1.29, 1.82) is 0 Å². The van der Waals surface area contributed by atoms with Crippen LogP contribution in [0.15, 0.2) is 36.4 Å². The molecule has 1 aliphatic rings. The third kappa shape index (κ3) is 2.33. The molecule has 98 valence electrons. The fourth-order valence-corrected chi connectivity index (χ4v) is 2.85. The molecule has 0 spiro atoms. The number of alkyl halides is 1. The van der Waals surface area contributed by atoms with Crippen molar-refractivity contribution in [3.63, 3.8) is 0 Å². The van der Waals surface area contributed by atoms with Gasteiger partial charge in [0.2, 0.25) is 0 Å². The van der Waals surface area contributed by atoms with Gasteiger partial charge in [-0.25, -0.2) is 4.39 Å². The summed E-state index contributed by atoms with van der Waals surface area (Å²) in [7, 11) is 0. The Balaban J connectivity index is 1.97. The Morgan fingerprint density at radius 2 is 2.05 bits per heavy atom. The van der Waals surface area contributed by atoms with E-state index in [1.165, 1.54) is 17.7 Å². The number of aryl methyl sites for hydroxylation is 1. The second-order valence-corrected chi connectivity index (χ2v) is 5.27. The van der Waals surface area contributed by atoms with Gasteiger partial charge < -0.3 is 4.74 Å². The summed E-state index contributed by atoms with van der Waals surface area (Å²) in [5.74, 6) is 0.718. The van der Waals surface area contributed by atoms with Crippen LogP contribution < -0.4 is 4.74 Å². The van der Waals surface area contributed by atoms with Crippen LogP contribution in [-0.2, 0) is 6.42 Å². The summed E-state index contributed by atoms with van der Waals surface area (Å²) in [5.41, 5.74) is 4.04. The molecule has 0 aromatic heterocycles. The van der Waals surface area contributed by atoms with Gasteiger partial charge in [0.25, 0.3) is 0 Å². The normalized spacial score (nSPS) is 14.9. The van der Waals surface area contributed by atoms with Crippen LogP contribution in [0.25, 0.3) is 0 Å². The van der Waals surface area contributed by atoms with Crippen molar-refractivity contribution < 1.29 is 9.13 Å². The predicted octanol–water partition coefficient (Wildman–Crippen LogP) is 4.40. The number of hydrogen-bond acceptors (Lipinski definition) is 1. The van der Waals surface area contributed by atoms with Crippen molar-refractivity contribution in [2.24, 2.45) is 0 Å². The third-order valence-corrected chi connectivity index (χ3v) is 4.00. The van der Waals surface area contributed by atoms with Crippen LogP contribution in [0.4, 0.5) is 4.39 Å². The van der Waals surface area contributed by atoms with Crippen molar-refractivity contribution in [3.8, 4) is 5.75 Å². The number of rotatable bonds is 2. The highest BCUT2D eigenvalue weighted by Crippen LogP contribution is 2.35. The molecule has 1 nitrogen and oxygen atoms in total. The van der Waals surface area contributed by atoms with E-state index >= 15 is 0 Å². The maximum atomic E-state index is 13.1. The monoisotopic (exact) mass is 276 g/mol. The highest BCUT2D eigenvalue weighted by atomic mass is 35.5. The first-order chi connectivity index (χ1) is 9.15. The highest BCUT2D eigenvalue weighted by Gasteiger charge is 2.18. The van der Waals surface area contributed by atoms with Gasteiger partial charge in [0.05, 0.1) is 12.0 Å².